The molecule has 0 atom stereocenters. The molecule has 20 heavy (non-hydrogen) atoms. The number of hydrogen-bond donors (Lipinski definition) is 2. The highest BCUT2D eigenvalue weighted by atomic mass is 16.4. The maximum Gasteiger partial charge on any atom is 0.339 e. The molecule has 2 N–H and O–H groups in total. The van der Waals surface area contributed by atoms with Gasteiger partial charge in [0.1, 0.15) is 0 Å². The summed E-state index contributed by atoms with van der Waals surface area (Å²) in [6, 6.07) is 9.19. The summed E-state index contributed by atoms with van der Waals surface area (Å²) in [6.07, 6.45) is 1.28. The monoisotopic (exact) mass is 268 g/mol. The molecule has 1 heterocycles. The summed E-state index contributed by atoms with van der Waals surface area (Å²) in [6.45, 7) is 2.12. The second-order valence-corrected chi connectivity index (χ2v) is 4.16. The molecule has 2 aromatic rings. The highest BCUT2D eigenvalue weighted by Gasteiger charge is 2.09. The second kappa shape index (κ2) is 5.80. The van der Waals surface area contributed by atoms with Crippen LogP contribution < -0.4 is 5.32 Å². The fourth-order valence-corrected chi connectivity index (χ4v) is 1.64. The van der Waals surface area contributed by atoms with Crippen molar-refractivity contribution in [2.75, 3.05) is 5.32 Å². The fourth-order valence-electron chi connectivity index (χ4n) is 1.64. The van der Waals surface area contributed by atoms with E-state index in [-0.39, 0.29) is 5.56 Å². The van der Waals surface area contributed by atoms with Crippen LogP contribution in [0, 0.1) is 18.3 Å². The van der Waals surface area contributed by atoms with Crippen LogP contribution in [0.1, 0.15) is 27.2 Å². The molecule has 0 bridgehead atoms. The van der Waals surface area contributed by atoms with Gasteiger partial charge in [-0.15, -0.1) is 0 Å². The van der Waals surface area contributed by atoms with Crippen LogP contribution in [0.4, 0.5) is 5.95 Å². The van der Waals surface area contributed by atoms with Gasteiger partial charge in [0.05, 0.1) is 22.9 Å². The summed E-state index contributed by atoms with van der Waals surface area (Å²) in [5, 5.41) is 20.6. The van der Waals surface area contributed by atoms with Crippen LogP contribution in [0.2, 0.25) is 0 Å². The molecule has 6 heteroatoms. The van der Waals surface area contributed by atoms with E-state index in [1.54, 1.807) is 19.1 Å². The summed E-state index contributed by atoms with van der Waals surface area (Å²) in [5.74, 6) is -0.669. The Bertz CT molecular complexity index is 675. The van der Waals surface area contributed by atoms with E-state index in [1.165, 1.54) is 6.20 Å². The van der Waals surface area contributed by atoms with Crippen molar-refractivity contribution < 1.29 is 9.90 Å². The number of nitrogens with one attached hydrogen (secondary N) is 1. The van der Waals surface area contributed by atoms with E-state index in [1.807, 2.05) is 12.1 Å². The molecule has 1 aromatic carbocycles. The number of aromatic nitrogens is 2. The van der Waals surface area contributed by atoms with Crippen molar-refractivity contribution in [3.8, 4) is 6.07 Å². The number of benzene rings is 1. The Morgan fingerprint density at radius 2 is 2.10 bits per heavy atom. The molecule has 0 saturated heterocycles. The SMILES string of the molecule is Cc1nc(NCc2ccc(C#N)cc2)ncc1C(=O)O. The van der Waals surface area contributed by atoms with Gasteiger partial charge in [0, 0.05) is 12.7 Å². The normalized spacial score (nSPS) is 9.80. The number of carbonyl (C=O) groups is 1. The first-order valence-corrected chi connectivity index (χ1v) is 5.90. The van der Waals surface area contributed by atoms with Gasteiger partial charge in [0.2, 0.25) is 5.95 Å². The molecule has 100 valence electrons. The number of carboxylic acids is 1. The van der Waals surface area contributed by atoms with E-state index in [0.717, 1.165) is 5.56 Å². The molecule has 0 aliphatic rings. The van der Waals surface area contributed by atoms with Crippen molar-refractivity contribution >= 4 is 11.9 Å². The summed E-state index contributed by atoms with van der Waals surface area (Å²) in [4.78, 5) is 18.9. The molecule has 0 unspecified atom stereocenters. The van der Waals surface area contributed by atoms with Gasteiger partial charge in [-0.25, -0.2) is 14.8 Å². The third kappa shape index (κ3) is 3.09. The lowest BCUT2D eigenvalue weighted by molar-refractivity contribution is 0.0695. The third-order valence-corrected chi connectivity index (χ3v) is 2.74. The first-order chi connectivity index (χ1) is 9.60. The number of rotatable bonds is 4. The number of carboxylic acid groups (broad SMARTS) is 1. The van der Waals surface area contributed by atoms with Gasteiger partial charge in [-0.05, 0) is 24.6 Å². The van der Waals surface area contributed by atoms with E-state index in [2.05, 4.69) is 21.4 Å². The van der Waals surface area contributed by atoms with Crippen molar-refractivity contribution in [3.63, 3.8) is 0 Å². The van der Waals surface area contributed by atoms with E-state index >= 15 is 0 Å². The number of hydrogen-bond acceptors (Lipinski definition) is 5. The topological polar surface area (TPSA) is 98.9 Å². The molecule has 0 aliphatic heterocycles. The average molecular weight is 268 g/mol. The van der Waals surface area contributed by atoms with Crippen LogP contribution in [0.25, 0.3) is 0 Å². The van der Waals surface area contributed by atoms with Crippen molar-refractivity contribution in [1.82, 2.24) is 9.97 Å². The van der Waals surface area contributed by atoms with Crippen LogP contribution in [0.3, 0.4) is 0 Å². The lowest BCUT2D eigenvalue weighted by Crippen LogP contribution is -2.08. The third-order valence-electron chi connectivity index (χ3n) is 2.74. The van der Waals surface area contributed by atoms with Crippen molar-refractivity contribution in [2.45, 2.75) is 13.5 Å². The molecular weight excluding hydrogens is 256 g/mol. The zero-order chi connectivity index (χ0) is 14.5. The minimum atomic E-state index is -1.04. The Morgan fingerprint density at radius 1 is 1.40 bits per heavy atom. The predicted molar refractivity (Wildman–Crippen MR) is 72.2 cm³/mol. The van der Waals surface area contributed by atoms with Gasteiger partial charge in [0.25, 0.3) is 0 Å². The Morgan fingerprint density at radius 3 is 2.65 bits per heavy atom. The minimum Gasteiger partial charge on any atom is -0.478 e. The van der Waals surface area contributed by atoms with Gasteiger partial charge in [0.15, 0.2) is 0 Å². The van der Waals surface area contributed by atoms with Crippen molar-refractivity contribution in [2.24, 2.45) is 0 Å². The van der Waals surface area contributed by atoms with Crippen LogP contribution in [0.15, 0.2) is 30.5 Å². The highest BCUT2D eigenvalue weighted by molar-refractivity contribution is 5.88. The number of aromatic carboxylic acids is 1. The number of nitrogens with zero attached hydrogens (tertiary/aromatic N) is 3. The fraction of sp³-hybridized carbons (Fsp3) is 0.143. The summed E-state index contributed by atoms with van der Waals surface area (Å²) >= 11 is 0. The van der Waals surface area contributed by atoms with Crippen LogP contribution >= 0.6 is 0 Å². The second-order valence-electron chi connectivity index (χ2n) is 4.16. The predicted octanol–water partition coefficient (Wildman–Crippen LogP) is 1.97. The van der Waals surface area contributed by atoms with E-state index in [4.69, 9.17) is 10.4 Å². The molecule has 2 rings (SSSR count). The number of anilines is 1. The first-order valence-electron chi connectivity index (χ1n) is 5.90. The van der Waals surface area contributed by atoms with Gasteiger partial charge in [-0.3, -0.25) is 0 Å². The maximum absolute atomic E-state index is 10.8. The quantitative estimate of drug-likeness (QED) is 0.879. The smallest absolute Gasteiger partial charge is 0.339 e. The zero-order valence-corrected chi connectivity index (χ0v) is 10.8. The number of nitriles is 1. The molecule has 6 nitrogen and oxygen atoms in total. The number of aryl methyl sites for hydroxylation is 1. The Hall–Kier alpha value is -2.94. The van der Waals surface area contributed by atoms with Crippen molar-refractivity contribution in [3.05, 3.63) is 52.8 Å². The Kier molecular flexibility index (Phi) is 3.91. The zero-order valence-electron chi connectivity index (χ0n) is 10.8. The first kappa shape index (κ1) is 13.5. The van der Waals surface area contributed by atoms with E-state index in [0.29, 0.717) is 23.8 Å². The van der Waals surface area contributed by atoms with Crippen LogP contribution in [-0.2, 0) is 6.54 Å². The molecule has 0 saturated carbocycles. The molecule has 0 spiro atoms. The summed E-state index contributed by atoms with van der Waals surface area (Å²) in [5.41, 5.74) is 2.09. The van der Waals surface area contributed by atoms with E-state index < -0.39 is 5.97 Å². The standard InChI is InChI=1S/C14H12N4O2/c1-9-12(13(19)20)8-17-14(18-9)16-7-11-4-2-10(6-15)3-5-11/h2-5,8H,7H2,1H3,(H,19,20)(H,16,17,18). The molecule has 0 fully saturated rings. The molecule has 1 aromatic heterocycles. The van der Waals surface area contributed by atoms with Crippen LogP contribution in [0.5, 0.6) is 0 Å². The molecule has 0 amide bonds. The molecular formula is C14H12N4O2. The summed E-state index contributed by atoms with van der Waals surface area (Å²) < 4.78 is 0. The molecule has 0 radical (unpaired) electrons. The Balaban J connectivity index is 2.05. The highest BCUT2D eigenvalue weighted by Crippen LogP contribution is 2.09. The van der Waals surface area contributed by atoms with Gasteiger partial charge >= 0.3 is 5.97 Å². The Labute approximate surface area is 115 Å². The largest absolute Gasteiger partial charge is 0.478 e. The minimum absolute atomic E-state index is 0.0916. The average Bonchev–Trinajstić information content (AvgIpc) is 2.45. The van der Waals surface area contributed by atoms with Crippen molar-refractivity contribution in [1.29, 1.82) is 5.26 Å². The molecule has 0 aliphatic carbocycles. The van der Waals surface area contributed by atoms with E-state index in [9.17, 15) is 4.79 Å². The lowest BCUT2D eigenvalue weighted by Gasteiger charge is -2.06. The summed E-state index contributed by atoms with van der Waals surface area (Å²) in [7, 11) is 0. The van der Waals surface area contributed by atoms with Gasteiger partial charge < -0.3 is 10.4 Å². The van der Waals surface area contributed by atoms with Crippen LogP contribution in [-0.4, -0.2) is 21.0 Å². The van der Waals surface area contributed by atoms with Gasteiger partial charge in [-0.2, -0.15) is 5.26 Å². The lowest BCUT2D eigenvalue weighted by atomic mass is 10.1. The maximum atomic E-state index is 10.8. The van der Waals surface area contributed by atoms with Gasteiger partial charge in [-0.1, -0.05) is 12.1 Å².